The lowest BCUT2D eigenvalue weighted by Crippen LogP contribution is -2.46. The van der Waals surface area contributed by atoms with Crippen molar-refractivity contribution in [3.05, 3.63) is 51.7 Å². The molecule has 10 heteroatoms. The summed E-state index contributed by atoms with van der Waals surface area (Å²) < 4.78 is 13.7. The maximum atomic E-state index is 13.7. The lowest BCUT2D eigenvalue weighted by Gasteiger charge is -2.30. The molecular formula is C23H27FN4O4S. The molecule has 33 heavy (non-hydrogen) atoms. The van der Waals surface area contributed by atoms with Crippen LogP contribution in [0.3, 0.4) is 0 Å². The first kappa shape index (κ1) is 23.2. The van der Waals surface area contributed by atoms with E-state index in [1.807, 2.05) is 0 Å². The Morgan fingerprint density at radius 3 is 2.85 bits per heavy atom. The van der Waals surface area contributed by atoms with Crippen molar-refractivity contribution >= 4 is 17.2 Å². The number of aromatic hydroxyl groups is 2. The van der Waals surface area contributed by atoms with Gasteiger partial charge in [-0.25, -0.2) is 9.37 Å². The van der Waals surface area contributed by atoms with Crippen molar-refractivity contribution in [2.24, 2.45) is 0 Å². The Labute approximate surface area is 194 Å². The molecule has 6 N–H and O–H groups in total. The van der Waals surface area contributed by atoms with Crippen molar-refractivity contribution in [3.63, 3.8) is 0 Å². The largest absolute Gasteiger partial charge is 0.505 e. The lowest BCUT2D eigenvalue weighted by atomic mass is 9.98. The molecule has 2 atom stereocenters. The summed E-state index contributed by atoms with van der Waals surface area (Å²) in [5, 5.41) is 35.8. The van der Waals surface area contributed by atoms with Crippen molar-refractivity contribution in [2.75, 3.05) is 13.2 Å². The van der Waals surface area contributed by atoms with Crippen LogP contribution in [0.5, 0.6) is 11.6 Å². The Kier molecular flexibility index (Phi) is 7.26. The number of hydrogen-bond acceptors (Lipinski definition) is 7. The summed E-state index contributed by atoms with van der Waals surface area (Å²) >= 11 is 1.34. The summed E-state index contributed by atoms with van der Waals surface area (Å²) in [7, 11) is 0. The quantitative estimate of drug-likeness (QED) is 0.297. The molecule has 2 aromatic heterocycles. The Morgan fingerprint density at radius 1 is 1.27 bits per heavy atom. The molecule has 3 aromatic rings. The molecular weight excluding hydrogens is 447 g/mol. The zero-order chi connectivity index (χ0) is 23.4. The summed E-state index contributed by atoms with van der Waals surface area (Å²) in [6, 6.07) is 6.86. The number of halogens is 1. The number of phenols is 1. The van der Waals surface area contributed by atoms with Crippen LogP contribution in [0.4, 0.5) is 4.39 Å². The van der Waals surface area contributed by atoms with Crippen LogP contribution in [0, 0.1) is 5.82 Å². The van der Waals surface area contributed by atoms with Gasteiger partial charge in [-0.05, 0) is 62.6 Å². The monoisotopic (exact) mass is 474 g/mol. The second-order valence-electron chi connectivity index (χ2n) is 8.09. The number of aliphatic hydroxyl groups excluding tert-OH is 1. The van der Waals surface area contributed by atoms with Gasteiger partial charge in [0.2, 0.25) is 5.88 Å². The third-order valence-electron chi connectivity index (χ3n) is 5.75. The number of aliphatic hydroxyl groups is 1. The maximum Gasteiger partial charge on any atom is 0.268 e. The van der Waals surface area contributed by atoms with E-state index < -0.39 is 17.6 Å². The fraction of sp³-hybridized carbons (Fsp3) is 0.391. The van der Waals surface area contributed by atoms with Crippen LogP contribution in [-0.2, 0) is 6.42 Å². The van der Waals surface area contributed by atoms with Crippen LogP contribution in [0.25, 0.3) is 11.3 Å². The van der Waals surface area contributed by atoms with E-state index in [4.69, 9.17) is 5.11 Å². The van der Waals surface area contributed by atoms with E-state index in [0.29, 0.717) is 39.7 Å². The minimum absolute atomic E-state index is 0.0249. The van der Waals surface area contributed by atoms with E-state index in [-0.39, 0.29) is 24.4 Å². The van der Waals surface area contributed by atoms with Crippen LogP contribution in [0.15, 0.2) is 30.3 Å². The van der Waals surface area contributed by atoms with Gasteiger partial charge in [-0.3, -0.25) is 4.79 Å². The number of nitrogens with zero attached hydrogens (tertiary/aromatic N) is 1. The first-order valence-corrected chi connectivity index (χ1v) is 11.8. The highest BCUT2D eigenvalue weighted by Gasteiger charge is 2.30. The van der Waals surface area contributed by atoms with Crippen molar-refractivity contribution in [1.82, 2.24) is 20.6 Å². The highest BCUT2D eigenvalue weighted by atomic mass is 32.1. The summed E-state index contributed by atoms with van der Waals surface area (Å²) in [6.45, 7) is 0.863. The number of aryl methyl sites for hydroxylation is 1. The van der Waals surface area contributed by atoms with E-state index in [0.717, 1.165) is 25.8 Å². The normalized spacial score (nSPS) is 17.1. The second kappa shape index (κ2) is 10.3. The third-order valence-corrected chi connectivity index (χ3v) is 6.94. The summed E-state index contributed by atoms with van der Waals surface area (Å²) in [5.74, 6) is -1.58. The minimum atomic E-state index is -0.739. The number of carbonyl (C=O) groups is 1. The predicted octanol–water partition coefficient (Wildman–Crippen LogP) is 3.23. The Morgan fingerprint density at radius 2 is 2.12 bits per heavy atom. The summed E-state index contributed by atoms with van der Waals surface area (Å²) in [6.07, 6.45) is 3.99. The number of nitrogens with one attached hydrogen (secondary N) is 3. The fourth-order valence-corrected chi connectivity index (χ4v) is 5.10. The highest BCUT2D eigenvalue weighted by molar-refractivity contribution is 7.12. The molecule has 1 fully saturated rings. The number of rotatable bonds is 8. The van der Waals surface area contributed by atoms with E-state index in [2.05, 4.69) is 20.6 Å². The van der Waals surface area contributed by atoms with Crippen molar-refractivity contribution in [1.29, 1.82) is 0 Å². The Hall–Kier alpha value is -2.95. The molecule has 1 aliphatic rings. The van der Waals surface area contributed by atoms with Gasteiger partial charge in [0.15, 0.2) is 11.6 Å². The van der Waals surface area contributed by atoms with Crippen LogP contribution in [0.2, 0.25) is 0 Å². The third kappa shape index (κ3) is 5.35. The molecule has 1 saturated heterocycles. The zero-order valence-electron chi connectivity index (χ0n) is 18.0. The van der Waals surface area contributed by atoms with Crippen LogP contribution >= 0.6 is 11.3 Å². The number of aromatic nitrogens is 2. The standard InChI is InChI=1S/C23H27FN4O4S/c24-14-12-13(6-9-18(14)30)15-7-8-17(26-15)21(31)27-20(16-4-1-2-10-25-16)23-28-22(32)19(33-23)5-3-11-29/h6-9,12,16,20,25-26,29-30,32H,1-5,10-11H2,(H,27,31). The van der Waals surface area contributed by atoms with Gasteiger partial charge < -0.3 is 30.9 Å². The number of piperidine rings is 1. The SMILES string of the molecule is O=C(NC(c1nc(O)c(CCCO)s1)C1CCCCN1)c1ccc(-c2ccc(O)c(F)c2)[nH]1. The molecule has 0 spiro atoms. The molecule has 0 bridgehead atoms. The molecule has 1 aliphatic heterocycles. The van der Waals surface area contributed by atoms with Gasteiger partial charge in [-0.15, -0.1) is 11.3 Å². The summed E-state index contributed by atoms with van der Waals surface area (Å²) in [4.78, 5) is 21.1. The number of carbonyl (C=O) groups excluding carboxylic acids is 1. The molecule has 3 heterocycles. The van der Waals surface area contributed by atoms with E-state index in [1.165, 1.54) is 23.5 Å². The highest BCUT2D eigenvalue weighted by Crippen LogP contribution is 2.33. The zero-order valence-corrected chi connectivity index (χ0v) is 18.8. The van der Waals surface area contributed by atoms with Crippen LogP contribution < -0.4 is 10.6 Å². The predicted molar refractivity (Wildman–Crippen MR) is 123 cm³/mol. The van der Waals surface area contributed by atoms with Crippen LogP contribution in [0.1, 0.15) is 52.1 Å². The van der Waals surface area contributed by atoms with E-state index in [9.17, 15) is 19.4 Å². The first-order valence-electron chi connectivity index (χ1n) is 11.0. The van der Waals surface area contributed by atoms with Gasteiger partial charge in [-0.2, -0.15) is 0 Å². The second-order valence-corrected chi connectivity index (χ2v) is 9.20. The van der Waals surface area contributed by atoms with Gasteiger partial charge in [0, 0.05) is 23.9 Å². The lowest BCUT2D eigenvalue weighted by molar-refractivity contribution is 0.0918. The van der Waals surface area contributed by atoms with Gasteiger partial charge >= 0.3 is 0 Å². The van der Waals surface area contributed by atoms with Crippen molar-refractivity contribution in [3.8, 4) is 22.9 Å². The number of hydrogen-bond donors (Lipinski definition) is 6. The van der Waals surface area contributed by atoms with Gasteiger partial charge in [0.05, 0.1) is 10.9 Å². The number of phenolic OH excluding ortho intramolecular Hbond substituents is 1. The minimum Gasteiger partial charge on any atom is -0.505 e. The number of H-pyrrole nitrogens is 1. The average molecular weight is 475 g/mol. The van der Waals surface area contributed by atoms with Gasteiger partial charge in [0.25, 0.3) is 5.91 Å². The molecule has 0 aliphatic carbocycles. The number of benzene rings is 1. The van der Waals surface area contributed by atoms with Crippen molar-refractivity contribution < 1.29 is 24.5 Å². The molecule has 1 aromatic carbocycles. The topological polar surface area (TPSA) is 130 Å². The molecule has 4 rings (SSSR count). The molecule has 0 radical (unpaired) electrons. The average Bonchev–Trinajstić information content (AvgIpc) is 3.45. The molecule has 8 nitrogen and oxygen atoms in total. The van der Waals surface area contributed by atoms with Crippen LogP contribution in [-0.4, -0.2) is 50.4 Å². The van der Waals surface area contributed by atoms with Gasteiger partial charge in [0.1, 0.15) is 10.7 Å². The van der Waals surface area contributed by atoms with Crippen molar-refractivity contribution in [2.45, 2.75) is 44.2 Å². The molecule has 0 saturated carbocycles. The molecule has 176 valence electrons. The number of aromatic amines is 1. The fourth-order valence-electron chi connectivity index (χ4n) is 3.98. The molecule has 2 unspecified atom stereocenters. The van der Waals surface area contributed by atoms with E-state index in [1.54, 1.807) is 18.2 Å². The first-order chi connectivity index (χ1) is 16.0. The van der Waals surface area contributed by atoms with Gasteiger partial charge in [-0.1, -0.05) is 6.42 Å². The Bertz CT molecular complexity index is 1110. The smallest absolute Gasteiger partial charge is 0.268 e. The summed E-state index contributed by atoms with van der Waals surface area (Å²) in [5.41, 5.74) is 1.36. The maximum absolute atomic E-state index is 13.7. The number of amides is 1. The Balaban J connectivity index is 1.55. The molecule has 1 amide bonds. The number of thiazole rings is 1. The van der Waals surface area contributed by atoms with E-state index >= 15 is 0 Å².